The van der Waals surface area contributed by atoms with Gasteiger partial charge in [-0.25, -0.2) is 8.42 Å². The molecule has 0 saturated carbocycles. The van der Waals surface area contributed by atoms with Crippen molar-refractivity contribution in [2.45, 2.75) is 11.0 Å². The molecule has 0 unspecified atom stereocenters. The minimum atomic E-state index is -3.69. The molecular weight excluding hydrogens is 412 g/mol. The van der Waals surface area contributed by atoms with Gasteiger partial charge in [-0.3, -0.25) is 9.48 Å². The van der Waals surface area contributed by atoms with Crippen molar-refractivity contribution in [1.82, 2.24) is 19.0 Å². The van der Waals surface area contributed by atoms with Crippen LogP contribution in [0.5, 0.6) is 0 Å². The number of rotatable bonds is 4. The van der Waals surface area contributed by atoms with E-state index >= 15 is 0 Å². The first-order valence-electron chi connectivity index (χ1n) is 9.12. The Morgan fingerprint density at radius 2 is 2.07 bits per heavy atom. The lowest BCUT2D eigenvalue weighted by Gasteiger charge is -2.32. The predicted octanol–water partition coefficient (Wildman–Crippen LogP) is 2.10. The number of carbonyl (C=O) groups excluding carboxylic acids is 1. The first kappa shape index (κ1) is 20.0. The maximum absolute atomic E-state index is 13.1. The minimum Gasteiger partial charge on any atom is -0.371 e. The average Bonchev–Trinajstić information content (AvgIpc) is 3.31. The number of ether oxygens (including phenoxy) is 1. The summed E-state index contributed by atoms with van der Waals surface area (Å²) in [6, 6.07) is 7.75. The van der Waals surface area contributed by atoms with Gasteiger partial charge in [-0.05, 0) is 11.5 Å². The van der Waals surface area contributed by atoms with Crippen LogP contribution in [-0.4, -0.2) is 67.1 Å². The fraction of sp³-hybridized carbons (Fsp3) is 0.368. The van der Waals surface area contributed by atoms with Crippen molar-refractivity contribution in [3.8, 4) is 0 Å². The average molecular weight is 435 g/mol. The zero-order chi connectivity index (χ0) is 20.8. The van der Waals surface area contributed by atoms with Gasteiger partial charge in [0.15, 0.2) is 0 Å². The van der Waals surface area contributed by atoms with E-state index in [4.69, 9.17) is 4.74 Å². The van der Waals surface area contributed by atoms with E-state index in [9.17, 15) is 13.2 Å². The lowest BCUT2D eigenvalue weighted by molar-refractivity contribution is -0.00203. The maximum Gasteiger partial charge on any atom is 0.263 e. The van der Waals surface area contributed by atoms with Crippen molar-refractivity contribution in [2.24, 2.45) is 7.05 Å². The summed E-state index contributed by atoms with van der Waals surface area (Å²) in [5.41, 5.74) is 0.760. The Bertz CT molecular complexity index is 1170. The second-order valence-corrected chi connectivity index (χ2v) is 10.1. The monoisotopic (exact) mass is 434 g/mol. The molecule has 1 aliphatic heterocycles. The van der Waals surface area contributed by atoms with E-state index in [0.717, 1.165) is 15.6 Å². The number of nitrogens with zero attached hydrogens (tertiary/aromatic N) is 4. The number of carbonyl (C=O) groups is 1. The molecule has 154 valence electrons. The van der Waals surface area contributed by atoms with Crippen molar-refractivity contribution in [3.05, 3.63) is 47.1 Å². The fourth-order valence-electron chi connectivity index (χ4n) is 3.45. The van der Waals surface area contributed by atoms with Crippen molar-refractivity contribution in [1.29, 1.82) is 0 Å². The van der Waals surface area contributed by atoms with Crippen molar-refractivity contribution < 1.29 is 17.9 Å². The van der Waals surface area contributed by atoms with E-state index in [1.54, 1.807) is 21.1 Å². The second kappa shape index (κ2) is 7.52. The van der Waals surface area contributed by atoms with Crippen LogP contribution in [0.25, 0.3) is 10.1 Å². The van der Waals surface area contributed by atoms with E-state index in [-0.39, 0.29) is 30.5 Å². The largest absolute Gasteiger partial charge is 0.371 e. The van der Waals surface area contributed by atoms with E-state index in [1.165, 1.54) is 37.6 Å². The van der Waals surface area contributed by atoms with Crippen LogP contribution in [0.1, 0.15) is 21.3 Å². The molecule has 0 aliphatic carbocycles. The maximum atomic E-state index is 13.1. The quantitative estimate of drug-likeness (QED) is 0.628. The molecule has 1 saturated heterocycles. The molecule has 0 bridgehead atoms. The van der Waals surface area contributed by atoms with Crippen LogP contribution >= 0.6 is 11.3 Å². The van der Waals surface area contributed by atoms with E-state index in [2.05, 4.69) is 5.10 Å². The summed E-state index contributed by atoms with van der Waals surface area (Å²) in [6.07, 6.45) is 2.31. The van der Waals surface area contributed by atoms with Gasteiger partial charge < -0.3 is 9.64 Å². The number of hydrogen-bond donors (Lipinski definition) is 0. The van der Waals surface area contributed by atoms with Crippen LogP contribution in [0.4, 0.5) is 0 Å². The highest BCUT2D eigenvalue weighted by molar-refractivity contribution is 7.89. The molecule has 1 atom stereocenters. The van der Waals surface area contributed by atoms with Gasteiger partial charge in [0.1, 0.15) is 4.90 Å². The van der Waals surface area contributed by atoms with E-state index in [1.807, 2.05) is 24.3 Å². The molecule has 0 radical (unpaired) electrons. The Hall–Kier alpha value is -2.27. The summed E-state index contributed by atoms with van der Waals surface area (Å²) < 4.78 is 35.9. The van der Waals surface area contributed by atoms with Crippen LogP contribution in [0.15, 0.2) is 41.6 Å². The topological polar surface area (TPSA) is 84.7 Å². The number of fused-ring (bicyclic) bond motifs is 1. The standard InChI is InChI=1S/C19H22N4O4S2/c1-21(2)19(24)18-17(14-6-4-5-7-16(14)28-18)15-12-23(8-9-27-15)29(25,26)13-10-20-22(3)11-13/h4-7,10-11,15H,8-9,12H2,1-3H3/t15-/m1/s1. The molecule has 2 aromatic heterocycles. The summed E-state index contributed by atoms with van der Waals surface area (Å²) in [6.45, 7) is 0.655. The van der Waals surface area contributed by atoms with E-state index in [0.29, 0.717) is 4.88 Å². The molecule has 1 aromatic carbocycles. The molecular formula is C19H22N4O4S2. The molecule has 1 amide bonds. The fourth-order valence-corrected chi connectivity index (χ4v) is 6.13. The van der Waals surface area contributed by atoms with Gasteiger partial charge in [0.05, 0.1) is 23.8 Å². The lowest BCUT2D eigenvalue weighted by atomic mass is 10.0. The van der Waals surface area contributed by atoms with E-state index < -0.39 is 16.1 Å². The molecule has 3 aromatic rings. The van der Waals surface area contributed by atoms with Crippen molar-refractivity contribution in [3.63, 3.8) is 0 Å². The molecule has 0 N–H and O–H groups in total. The third-order valence-corrected chi connectivity index (χ3v) is 7.90. The number of benzene rings is 1. The Kier molecular flexibility index (Phi) is 5.19. The first-order valence-corrected chi connectivity index (χ1v) is 11.4. The van der Waals surface area contributed by atoms with Crippen molar-refractivity contribution >= 4 is 37.4 Å². The predicted molar refractivity (Wildman–Crippen MR) is 111 cm³/mol. The Morgan fingerprint density at radius 3 is 2.76 bits per heavy atom. The Balaban J connectivity index is 1.74. The molecule has 1 fully saturated rings. The summed E-state index contributed by atoms with van der Waals surface area (Å²) in [4.78, 5) is 15.1. The number of hydrogen-bond acceptors (Lipinski definition) is 6. The van der Waals surface area contributed by atoms with Crippen LogP contribution in [0, 0.1) is 0 Å². The first-order chi connectivity index (χ1) is 13.8. The normalized spacial score (nSPS) is 18.2. The number of morpholine rings is 1. The van der Waals surface area contributed by atoms with Gasteiger partial charge in [-0.1, -0.05) is 18.2 Å². The zero-order valence-corrected chi connectivity index (χ0v) is 18.0. The van der Waals surface area contributed by atoms with Crippen LogP contribution in [0.3, 0.4) is 0 Å². The third kappa shape index (κ3) is 3.57. The van der Waals surface area contributed by atoms with Gasteiger partial charge in [-0.2, -0.15) is 9.40 Å². The Morgan fingerprint density at radius 1 is 1.31 bits per heavy atom. The molecule has 10 heteroatoms. The summed E-state index contributed by atoms with van der Waals surface area (Å²) >= 11 is 1.41. The number of thiophene rings is 1. The number of sulfonamides is 1. The molecule has 4 rings (SSSR count). The van der Waals surface area contributed by atoms with Gasteiger partial charge in [0.25, 0.3) is 5.91 Å². The van der Waals surface area contributed by atoms with Gasteiger partial charge in [-0.15, -0.1) is 11.3 Å². The minimum absolute atomic E-state index is 0.114. The van der Waals surface area contributed by atoms with Crippen LogP contribution < -0.4 is 0 Å². The smallest absolute Gasteiger partial charge is 0.263 e. The molecule has 0 spiro atoms. The lowest BCUT2D eigenvalue weighted by Crippen LogP contribution is -2.42. The third-order valence-electron chi connectivity index (χ3n) is 4.90. The second-order valence-electron chi connectivity index (χ2n) is 7.11. The van der Waals surface area contributed by atoms with Crippen LogP contribution in [0.2, 0.25) is 0 Å². The molecule has 1 aliphatic rings. The van der Waals surface area contributed by atoms with Gasteiger partial charge in [0, 0.05) is 50.7 Å². The summed E-state index contributed by atoms with van der Waals surface area (Å²) in [5.74, 6) is -0.114. The number of amides is 1. The zero-order valence-electron chi connectivity index (χ0n) is 16.4. The number of aryl methyl sites for hydroxylation is 1. The highest BCUT2D eigenvalue weighted by Gasteiger charge is 2.35. The molecule has 3 heterocycles. The molecule has 8 nitrogen and oxygen atoms in total. The molecule has 29 heavy (non-hydrogen) atoms. The number of aromatic nitrogens is 2. The summed E-state index contributed by atoms with van der Waals surface area (Å²) in [7, 11) is 1.40. The van der Waals surface area contributed by atoms with Gasteiger partial charge in [0.2, 0.25) is 10.0 Å². The van der Waals surface area contributed by atoms with Crippen molar-refractivity contribution in [2.75, 3.05) is 33.8 Å². The highest BCUT2D eigenvalue weighted by Crippen LogP contribution is 2.39. The van der Waals surface area contributed by atoms with Crippen LogP contribution in [-0.2, 0) is 21.8 Å². The van der Waals surface area contributed by atoms with Gasteiger partial charge >= 0.3 is 0 Å². The Labute approximate surface area is 173 Å². The summed E-state index contributed by atoms with van der Waals surface area (Å²) in [5, 5.41) is 4.90. The SMILES string of the molecule is CN(C)C(=O)c1sc2ccccc2c1[C@H]1CN(S(=O)(=O)c2cnn(C)c2)CCO1. The highest BCUT2D eigenvalue weighted by atomic mass is 32.2.